The lowest BCUT2D eigenvalue weighted by Crippen LogP contribution is -2.22. The smallest absolute Gasteiger partial charge is 0.326 e. The largest absolute Gasteiger partial charge is 0.494 e. The van der Waals surface area contributed by atoms with Crippen LogP contribution in [0.3, 0.4) is 0 Å². The maximum absolute atomic E-state index is 11.3. The van der Waals surface area contributed by atoms with Crippen molar-refractivity contribution in [2.45, 2.75) is 19.8 Å². The zero-order valence-electron chi connectivity index (χ0n) is 10.7. The van der Waals surface area contributed by atoms with Gasteiger partial charge in [-0.15, -0.1) is 0 Å². The summed E-state index contributed by atoms with van der Waals surface area (Å²) in [6, 6.07) is 6.88. The molecule has 1 fully saturated rings. The highest BCUT2D eigenvalue weighted by atomic mass is 16.5. The van der Waals surface area contributed by atoms with Crippen molar-refractivity contribution >= 4 is 18.0 Å². The minimum absolute atomic E-state index is 0.254. The third-order valence-electron chi connectivity index (χ3n) is 2.68. The Morgan fingerprint density at radius 2 is 1.89 bits per heavy atom. The summed E-state index contributed by atoms with van der Waals surface area (Å²) in [5, 5.41) is 4.59. The average molecular weight is 260 g/mol. The van der Waals surface area contributed by atoms with Crippen molar-refractivity contribution in [1.82, 2.24) is 10.6 Å². The molecule has 3 amide bonds. The van der Waals surface area contributed by atoms with E-state index in [1.54, 1.807) is 6.08 Å². The summed E-state index contributed by atoms with van der Waals surface area (Å²) in [5.41, 5.74) is 1.08. The Kier molecular flexibility index (Phi) is 4.18. The lowest BCUT2D eigenvalue weighted by atomic mass is 10.2. The molecule has 0 bridgehead atoms. The zero-order chi connectivity index (χ0) is 13.7. The number of urea groups is 1. The van der Waals surface area contributed by atoms with Crippen LogP contribution in [0.2, 0.25) is 0 Å². The number of ether oxygens (including phenoxy) is 1. The van der Waals surface area contributed by atoms with Crippen molar-refractivity contribution in [3.8, 4) is 5.75 Å². The molecule has 1 saturated heterocycles. The van der Waals surface area contributed by atoms with Crippen molar-refractivity contribution in [2.75, 3.05) is 6.61 Å². The third-order valence-corrected chi connectivity index (χ3v) is 2.68. The van der Waals surface area contributed by atoms with Gasteiger partial charge < -0.3 is 10.1 Å². The van der Waals surface area contributed by atoms with E-state index in [0.717, 1.165) is 24.2 Å². The molecule has 1 aliphatic heterocycles. The Balaban J connectivity index is 2.00. The first-order valence-corrected chi connectivity index (χ1v) is 6.26. The molecule has 0 unspecified atom stereocenters. The Morgan fingerprint density at radius 1 is 1.16 bits per heavy atom. The van der Waals surface area contributed by atoms with Gasteiger partial charge in [-0.2, -0.15) is 0 Å². The molecule has 1 aliphatic rings. The molecule has 2 rings (SSSR count). The van der Waals surface area contributed by atoms with Crippen molar-refractivity contribution in [2.24, 2.45) is 0 Å². The highest BCUT2D eigenvalue weighted by molar-refractivity contribution is 6.13. The van der Waals surface area contributed by atoms with E-state index in [4.69, 9.17) is 4.74 Å². The van der Waals surface area contributed by atoms with Crippen LogP contribution in [0.4, 0.5) is 4.79 Å². The number of carbonyl (C=O) groups excluding carboxylic acids is 2. The summed E-state index contributed by atoms with van der Waals surface area (Å²) >= 11 is 0. The molecular weight excluding hydrogens is 244 g/mol. The lowest BCUT2D eigenvalue weighted by Gasteiger charge is -2.05. The number of amides is 3. The van der Waals surface area contributed by atoms with E-state index in [1.807, 2.05) is 24.3 Å². The van der Waals surface area contributed by atoms with Crippen molar-refractivity contribution in [3.63, 3.8) is 0 Å². The van der Waals surface area contributed by atoms with Gasteiger partial charge in [-0.1, -0.05) is 25.5 Å². The van der Waals surface area contributed by atoms with Gasteiger partial charge in [0.05, 0.1) is 6.61 Å². The van der Waals surface area contributed by atoms with Crippen molar-refractivity contribution < 1.29 is 14.3 Å². The summed E-state index contributed by atoms with van der Waals surface area (Å²) in [4.78, 5) is 22.3. The predicted molar refractivity (Wildman–Crippen MR) is 71.5 cm³/mol. The molecule has 5 heteroatoms. The van der Waals surface area contributed by atoms with Gasteiger partial charge in [-0.25, -0.2) is 4.79 Å². The van der Waals surface area contributed by atoms with Gasteiger partial charge in [0.15, 0.2) is 0 Å². The van der Waals surface area contributed by atoms with E-state index < -0.39 is 11.9 Å². The quantitative estimate of drug-likeness (QED) is 0.483. The van der Waals surface area contributed by atoms with Crippen LogP contribution in [0.1, 0.15) is 25.3 Å². The van der Waals surface area contributed by atoms with E-state index >= 15 is 0 Å². The zero-order valence-corrected chi connectivity index (χ0v) is 10.7. The predicted octanol–water partition coefficient (Wildman–Crippen LogP) is 2.05. The van der Waals surface area contributed by atoms with E-state index in [0.29, 0.717) is 6.61 Å². The molecule has 19 heavy (non-hydrogen) atoms. The molecule has 0 aromatic heterocycles. The first kappa shape index (κ1) is 13.1. The maximum Gasteiger partial charge on any atom is 0.326 e. The Morgan fingerprint density at radius 3 is 2.47 bits per heavy atom. The van der Waals surface area contributed by atoms with Crippen LogP contribution in [-0.4, -0.2) is 18.5 Å². The van der Waals surface area contributed by atoms with Crippen LogP contribution in [0.5, 0.6) is 5.75 Å². The van der Waals surface area contributed by atoms with Crippen LogP contribution < -0.4 is 15.4 Å². The number of hydrogen-bond acceptors (Lipinski definition) is 3. The Labute approximate surface area is 111 Å². The minimum atomic E-state index is -0.490. The second-order valence-electron chi connectivity index (χ2n) is 4.24. The van der Waals surface area contributed by atoms with E-state index in [1.165, 1.54) is 0 Å². The van der Waals surface area contributed by atoms with Crippen LogP contribution >= 0.6 is 0 Å². The van der Waals surface area contributed by atoms with Gasteiger partial charge in [0.1, 0.15) is 11.4 Å². The number of rotatable bonds is 5. The van der Waals surface area contributed by atoms with Gasteiger partial charge in [0, 0.05) is 0 Å². The van der Waals surface area contributed by atoms with Crippen LogP contribution in [0.15, 0.2) is 30.0 Å². The van der Waals surface area contributed by atoms with E-state index in [9.17, 15) is 9.59 Å². The van der Waals surface area contributed by atoms with Crippen LogP contribution in [0.25, 0.3) is 6.08 Å². The fourth-order valence-electron chi connectivity index (χ4n) is 1.64. The molecule has 1 aromatic carbocycles. The summed E-state index contributed by atoms with van der Waals surface area (Å²) in [6.45, 7) is 2.81. The lowest BCUT2D eigenvalue weighted by molar-refractivity contribution is -0.115. The topological polar surface area (TPSA) is 67.4 Å². The molecule has 0 aliphatic carbocycles. The van der Waals surface area contributed by atoms with E-state index in [-0.39, 0.29) is 5.70 Å². The number of imide groups is 1. The fourth-order valence-corrected chi connectivity index (χ4v) is 1.64. The number of unbranched alkanes of at least 4 members (excludes halogenated alkanes) is 1. The molecule has 0 radical (unpaired) electrons. The highest BCUT2D eigenvalue weighted by Crippen LogP contribution is 2.15. The van der Waals surface area contributed by atoms with Crippen LogP contribution in [0, 0.1) is 0 Å². The molecule has 0 saturated carbocycles. The first-order valence-electron chi connectivity index (χ1n) is 6.26. The summed E-state index contributed by atoms with van der Waals surface area (Å²) < 4.78 is 5.54. The van der Waals surface area contributed by atoms with Gasteiger partial charge in [0.25, 0.3) is 5.91 Å². The maximum atomic E-state index is 11.3. The molecule has 0 atom stereocenters. The van der Waals surface area contributed by atoms with Gasteiger partial charge in [0.2, 0.25) is 0 Å². The third kappa shape index (κ3) is 3.58. The van der Waals surface area contributed by atoms with Crippen molar-refractivity contribution in [1.29, 1.82) is 0 Å². The molecule has 100 valence electrons. The standard InChI is InChI=1S/C14H16N2O3/c1-2-3-8-19-11-6-4-10(5-7-11)9-12-13(17)16-14(18)15-12/h4-7,9H,2-3,8H2,1H3,(H2,15,16,17,18)/b12-9-. The molecule has 5 nitrogen and oxygen atoms in total. The van der Waals surface area contributed by atoms with E-state index in [2.05, 4.69) is 17.6 Å². The first-order chi connectivity index (χ1) is 9.19. The summed E-state index contributed by atoms with van der Waals surface area (Å²) in [7, 11) is 0. The Bertz CT molecular complexity index is 506. The summed E-state index contributed by atoms with van der Waals surface area (Å²) in [6.07, 6.45) is 3.74. The monoisotopic (exact) mass is 260 g/mol. The molecular formula is C14H16N2O3. The molecule has 1 heterocycles. The number of nitrogens with one attached hydrogen (secondary N) is 2. The number of hydrogen-bond donors (Lipinski definition) is 2. The number of carbonyl (C=O) groups is 2. The molecule has 2 N–H and O–H groups in total. The number of benzene rings is 1. The second kappa shape index (κ2) is 6.04. The van der Waals surface area contributed by atoms with Crippen LogP contribution in [-0.2, 0) is 4.79 Å². The SMILES string of the molecule is CCCCOc1ccc(/C=C2\NC(=O)NC2=O)cc1. The van der Waals surface area contributed by atoms with Gasteiger partial charge in [-0.3, -0.25) is 10.1 Å². The normalized spacial score (nSPS) is 16.4. The fraction of sp³-hybridized carbons (Fsp3) is 0.286. The van der Waals surface area contributed by atoms with Gasteiger partial charge in [-0.05, 0) is 30.2 Å². The van der Waals surface area contributed by atoms with Gasteiger partial charge >= 0.3 is 6.03 Å². The average Bonchev–Trinajstić information content (AvgIpc) is 2.70. The van der Waals surface area contributed by atoms with Crippen molar-refractivity contribution in [3.05, 3.63) is 35.5 Å². The Hall–Kier alpha value is -2.30. The summed E-state index contributed by atoms with van der Waals surface area (Å²) in [5.74, 6) is 0.392. The minimum Gasteiger partial charge on any atom is -0.494 e. The highest BCUT2D eigenvalue weighted by Gasteiger charge is 2.22. The molecule has 0 spiro atoms. The second-order valence-corrected chi connectivity index (χ2v) is 4.24. The molecule has 1 aromatic rings.